The number of nitrogens with zero attached hydrogens (tertiary/aromatic N) is 1. The fraction of sp³-hybridized carbons (Fsp3) is 0.258. The standard InChI is InChI=1S/C31H30Cl2N2O6S/c1-18(2)21-10-9-19(3)13-25(21)40-12-11-35-30(37)27(42-31(35)38)16-20-14-23(33)29(26(15-20)39-4)41-17-28(36)34-24-8-6-5-7-22(24)32/h5-10,13-16,18H,11-12,17H2,1-4H3,(H,34,36)/b27-16-. The van der Waals surface area contributed by atoms with Gasteiger partial charge in [-0.15, -0.1) is 0 Å². The number of hydrogen-bond donors (Lipinski definition) is 1. The number of benzene rings is 3. The lowest BCUT2D eigenvalue weighted by atomic mass is 10.0. The van der Waals surface area contributed by atoms with Crippen molar-refractivity contribution in [1.29, 1.82) is 0 Å². The summed E-state index contributed by atoms with van der Waals surface area (Å²) in [5, 5.41) is 2.85. The van der Waals surface area contributed by atoms with E-state index >= 15 is 0 Å². The molecule has 3 amide bonds. The minimum absolute atomic E-state index is 0.112. The zero-order valence-corrected chi connectivity index (χ0v) is 25.9. The van der Waals surface area contributed by atoms with Crippen LogP contribution in [-0.2, 0) is 9.59 Å². The van der Waals surface area contributed by atoms with Crippen molar-refractivity contribution in [2.75, 3.05) is 32.2 Å². The second kappa shape index (κ2) is 14.0. The number of thioether (sulfide) groups is 1. The van der Waals surface area contributed by atoms with Crippen molar-refractivity contribution < 1.29 is 28.6 Å². The summed E-state index contributed by atoms with van der Waals surface area (Å²) in [6.45, 7) is 6.08. The molecule has 0 bridgehead atoms. The summed E-state index contributed by atoms with van der Waals surface area (Å²) < 4.78 is 17.0. The monoisotopic (exact) mass is 628 g/mol. The number of imide groups is 1. The second-order valence-corrected chi connectivity index (χ2v) is 11.5. The predicted octanol–water partition coefficient (Wildman–Crippen LogP) is 7.57. The smallest absolute Gasteiger partial charge is 0.293 e. The molecule has 1 fully saturated rings. The van der Waals surface area contributed by atoms with Crippen LogP contribution < -0.4 is 19.5 Å². The quantitative estimate of drug-likeness (QED) is 0.219. The van der Waals surface area contributed by atoms with Gasteiger partial charge >= 0.3 is 0 Å². The summed E-state index contributed by atoms with van der Waals surface area (Å²) in [6.07, 6.45) is 1.56. The highest BCUT2D eigenvalue weighted by molar-refractivity contribution is 8.18. The van der Waals surface area contributed by atoms with Crippen LogP contribution in [0.4, 0.5) is 10.5 Å². The summed E-state index contributed by atoms with van der Waals surface area (Å²) in [6, 6.07) is 16.0. The lowest BCUT2D eigenvalue weighted by Crippen LogP contribution is -2.32. The van der Waals surface area contributed by atoms with E-state index in [0.717, 1.165) is 33.5 Å². The van der Waals surface area contributed by atoms with Gasteiger partial charge in [0.1, 0.15) is 12.4 Å². The number of nitrogens with one attached hydrogen (secondary N) is 1. The minimum Gasteiger partial charge on any atom is -0.493 e. The molecule has 0 aliphatic carbocycles. The highest BCUT2D eigenvalue weighted by Gasteiger charge is 2.35. The molecule has 1 N–H and O–H groups in total. The first-order valence-electron chi connectivity index (χ1n) is 13.1. The normalized spacial score (nSPS) is 14.1. The Morgan fingerprint density at radius 2 is 1.79 bits per heavy atom. The van der Waals surface area contributed by atoms with Gasteiger partial charge in [0.05, 0.1) is 34.3 Å². The average molecular weight is 630 g/mol. The van der Waals surface area contributed by atoms with E-state index in [4.69, 9.17) is 37.4 Å². The number of rotatable bonds is 11. The molecule has 0 aromatic heterocycles. The third-order valence-corrected chi connectivity index (χ3v) is 7.80. The maximum absolute atomic E-state index is 13.1. The van der Waals surface area contributed by atoms with Gasteiger partial charge in [-0.1, -0.05) is 61.3 Å². The lowest BCUT2D eigenvalue weighted by Gasteiger charge is -2.17. The molecule has 0 radical (unpaired) electrons. The molecule has 0 atom stereocenters. The fourth-order valence-electron chi connectivity index (χ4n) is 4.18. The molecule has 11 heteroatoms. The lowest BCUT2D eigenvalue weighted by molar-refractivity contribution is -0.123. The Labute approximate surface area is 258 Å². The minimum atomic E-state index is -0.439. The van der Waals surface area contributed by atoms with E-state index in [1.165, 1.54) is 7.11 Å². The second-order valence-electron chi connectivity index (χ2n) is 9.73. The van der Waals surface area contributed by atoms with Gasteiger partial charge in [0.25, 0.3) is 17.1 Å². The highest BCUT2D eigenvalue weighted by atomic mass is 35.5. The largest absolute Gasteiger partial charge is 0.493 e. The number of amides is 3. The molecule has 0 spiro atoms. The number of carbonyl (C=O) groups is 3. The van der Waals surface area contributed by atoms with Gasteiger partial charge in [0.2, 0.25) is 0 Å². The van der Waals surface area contributed by atoms with E-state index in [1.807, 2.05) is 25.1 Å². The Kier molecular flexibility index (Phi) is 10.4. The third kappa shape index (κ3) is 7.59. The molecular weight excluding hydrogens is 599 g/mol. The first-order valence-corrected chi connectivity index (χ1v) is 14.7. The molecule has 1 aliphatic rings. The summed E-state index contributed by atoms with van der Waals surface area (Å²) in [7, 11) is 1.43. The van der Waals surface area contributed by atoms with Crippen molar-refractivity contribution in [2.24, 2.45) is 0 Å². The first-order chi connectivity index (χ1) is 20.1. The van der Waals surface area contributed by atoms with E-state index in [-0.39, 0.29) is 52.3 Å². The number of ether oxygens (including phenoxy) is 3. The fourth-order valence-corrected chi connectivity index (χ4v) is 5.51. The number of hydrogen-bond acceptors (Lipinski definition) is 7. The number of anilines is 1. The van der Waals surface area contributed by atoms with Crippen molar-refractivity contribution in [1.82, 2.24) is 4.90 Å². The zero-order chi connectivity index (χ0) is 30.4. The molecule has 42 heavy (non-hydrogen) atoms. The van der Waals surface area contributed by atoms with Crippen LogP contribution >= 0.6 is 35.0 Å². The van der Waals surface area contributed by atoms with Gasteiger partial charge < -0.3 is 19.5 Å². The van der Waals surface area contributed by atoms with Crippen molar-refractivity contribution >= 4 is 63.8 Å². The van der Waals surface area contributed by atoms with E-state index in [0.29, 0.717) is 16.3 Å². The molecule has 1 saturated heterocycles. The Morgan fingerprint density at radius 1 is 1.02 bits per heavy atom. The van der Waals surface area contributed by atoms with Crippen molar-refractivity contribution in [3.63, 3.8) is 0 Å². The molecule has 220 valence electrons. The molecule has 3 aromatic carbocycles. The Hall–Kier alpha value is -3.66. The Morgan fingerprint density at radius 3 is 2.50 bits per heavy atom. The van der Waals surface area contributed by atoms with Crippen LogP contribution in [-0.4, -0.2) is 48.8 Å². The maximum atomic E-state index is 13.1. The first kappa shape index (κ1) is 31.3. The summed E-state index contributed by atoms with van der Waals surface area (Å²) >= 11 is 13.4. The molecule has 0 unspecified atom stereocenters. The zero-order valence-electron chi connectivity index (χ0n) is 23.5. The summed E-state index contributed by atoms with van der Waals surface area (Å²) in [5.41, 5.74) is 3.11. The molecular formula is C31H30Cl2N2O6S. The molecule has 1 heterocycles. The topological polar surface area (TPSA) is 94.2 Å². The van der Waals surface area contributed by atoms with Gasteiger partial charge in [-0.2, -0.15) is 0 Å². The van der Waals surface area contributed by atoms with Gasteiger partial charge in [-0.05, 0) is 77.7 Å². The SMILES string of the molecule is COc1cc(/C=C2\SC(=O)N(CCOc3cc(C)ccc3C(C)C)C2=O)cc(Cl)c1OCC(=O)Nc1ccccc1Cl. The molecule has 4 rings (SSSR count). The van der Waals surface area contributed by atoms with Crippen LogP contribution in [0.25, 0.3) is 6.08 Å². The maximum Gasteiger partial charge on any atom is 0.293 e. The average Bonchev–Trinajstić information content (AvgIpc) is 3.20. The number of methoxy groups -OCH3 is 1. The summed E-state index contributed by atoms with van der Waals surface area (Å²) in [5.74, 6) is 0.572. The van der Waals surface area contributed by atoms with E-state index in [2.05, 4.69) is 19.2 Å². The van der Waals surface area contributed by atoms with Crippen molar-refractivity contribution in [3.05, 3.63) is 86.2 Å². The van der Waals surface area contributed by atoms with Crippen molar-refractivity contribution in [2.45, 2.75) is 26.7 Å². The van der Waals surface area contributed by atoms with Crippen molar-refractivity contribution in [3.8, 4) is 17.2 Å². The van der Waals surface area contributed by atoms with Gasteiger partial charge in [0, 0.05) is 0 Å². The molecule has 8 nitrogen and oxygen atoms in total. The van der Waals surface area contributed by atoms with Gasteiger partial charge in [0.15, 0.2) is 18.1 Å². The molecule has 0 saturated carbocycles. The van der Waals surface area contributed by atoms with Crippen LogP contribution in [0, 0.1) is 6.92 Å². The highest BCUT2D eigenvalue weighted by Crippen LogP contribution is 2.39. The molecule has 3 aromatic rings. The number of aryl methyl sites for hydroxylation is 1. The predicted molar refractivity (Wildman–Crippen MR) is 167 cm³/mol. The number of halogens is 2. The Bertz CT molecular complexity index is 1540. The van der Waals surface area contributed by atoms with Crippen LogP contribution in [0.15, 0.2) is 59.5 Å². The van der Waals surface area contributed by atoms with Crippen LogP contribution in [0.1, 0.15) is 36.5 Å². The molecule has 1 aliphatic heterocycles. The Balaban J connectivity index is 1.41. The van der Waals surface area contributed by atoms with Gasteiger partial charge in [-0.3, -0.25) is 19.3 Å². The van der Waals surface area contributed by atoms with E-state index in [1.54, 1.807) is 42.5 Å². The van der Waals surface area contributed by atoms with E-state index in [9.17, 15) is 14.4 Å². The van der Waals surface area contributed by atoms with Crippen LogP contribution in [0.2, 0.25) is 10.0 Å². The van der Waals surface area contributed by atoms with Crippen LogP contribution in [0.3, 0.4) is 0 Å². The van der Waals surface area contributed by atoms with E-state index < -0.39 is 11.8 Å². The van der Waals surface area contributed by atoms with Gasteiger partial charge in [-0.25, -0.2) is 0 Å². The summed E-state index contributed by atoms with van der Waals surface area (Å²) in [4.78, 5) is 39.5. The van der Waals surface area contributed by atoms with Crippen LogP contribution in [0.5, 0.6) is 17.2 Å². The number of para-hydroxylation sites is 1. The third-order valence-electron chi connectivity index (χ3n) is 6.28. The number of carbonyl (C=O) groups excluding carboxylic acids is 3.